The van der Waals surface area contributed by atoms with Crippen LogP contribution in [0.15, 0.2) is 60.7 Å². The van der Waals surface area contributed by atoms with Gasteiger partial charge in [-0.3, -0.25) is 0 Å². The van der Waals surface area contributed by atoms with Crippen molar-refractivity contribution in [1.82, 2.24) is 4.98 Å². The van der Waals surface area contributed by atoms with Crippen LogP contribution >= 0.6 is 0 Å². The van der Waals surface area contributed by atoms with Crippen molar-refractivity contribution in [3.63, 3.8) is 0 Å². The quantitative estimate of drug-likeness (QED) is 0.295. The standard InChI is InChI=1S/C21H13F2NO3/c1-26-12-9-10-14-18(11-12)24-17-8-3-2-5-13(17)19(14)21(25)27-20-15(22)6-4-7-16(20)23/h2-11H,1H3. The van der Waals surface area contributed by atoms with Gasteiger partial charge in [0.2, 0.25) is 5.75 Å². The van der Waals surface area contributed by atoms with Crippen molar-refractivity contribution >= 4 is 27.8 Å². The number of hydrogen-bond donors (Lipinski definition) is 0. The number of methoxy groups -OCH3 is 1. The number of aromatic nitrogens is 1. The number of benzene rings is 3. The van der Waals surface area contributed by atoms with Gasteiger partial charge in [-0.1, -0.05) is 24.3 Å². The molecular weight excluding hydrogens is 352 g/mol. The molecule has 4 nitrogen and oxygen atoms in total. The predicted molar refractivity (Wildman–Crippen MR) is 97.1 cm³/mol. The SMILES string of the molecule is COc1ccc2c(C(=O)Oc3c(F)cccc3F)c3ccccc3nc2c1. The highest BCUT2D eigenvalue weighted by molar-refractivity contribution is 6.15. The minimum Gasteiger partial charge on any atom is -0.497 e. The van der Waals surface area contributed by atoms with Gasteiger partial charge in [0, 0.05) is 16.8 Å². The predicted octanol–water partition coefficient (Wildman–Crippen LogP) is 4.89. The van der Waals surface area contributed by atoms with E-state index in [1.807, 2.05) is 0 Å². The molecule has 0 saturated carbocycles. The summed E-state index contributed by atoms with van der Waals surface area (Å²) >= 11 is 0. The number of pyridine rings is 1. The lowest BCUT2D eigenvalue weighted by Gasteiger charge is -2.12. The molecule has 134 valence electrons. The minimum atomic E-state index is -0.951. The van der Waals surface area contributed by atoms with Crippen LogP contribution in [-0.4, -0.2) is 18.1 Å². The lowest BCUT2D eigenvalue weighted by Crippen LogP contribution is -2.12. The van der Waals surface area contributed by atoms with E-state index in [0.717, 1.165) is 12.1 Å². The molecule has 0 spiro atoms. The Kier molecular flexibility index (Phi) is 4.16. The fourth-order valence-corrected chi connectivity index (χ4v) is 2.94. The van der Waals surface area contributed by atoms with Crippen molar-refractivity contribution < 1.29 is 23.0 Å². The van der Waals surface area contributed by atoms with E-state index in [1.165, 1.54) is 13.2 Å². The number of carbonyl (C=O) groups excluding carboxylic acids is 1. The molecule has 0 bridgehead atoms. The highest BCUT2D eigenvalue weighted by Gasteiger charge is 2.21. The first-order valence-corrected chi connectivity index (χ1v) is 8.11. The molecule has 6 heteroatoms. The number of para-hydroxylation sites is 2. The fourth-order valence-electron chi connectivity index (χ4n) is 2.94. The summed E-state index contributed by atoms with van der Waals surface area (Å²) in [5.74, 6) is -2.93. The molecule has 0 aliphatic heterocycles. The molecule has 0 amide bonds. The lowest BCUT2D eigenvalue weighted by atomic mass is 10.0. The summed E-state index contributed by atoms with van der Waals surface area (Å²) in [6.45, 7) is 0. The zero-order valence-corrected chi connectivity index (χ0v) is 14.2. The van der Waals surface area contributed by atoms with Crippen molar-refractivity contribution in [3.8, 4) is 11.5 Å². The number of esters is 1. The largest absolute Gasteiger partial charge is 0.497 e. The van der Waals surface area contributed by atoms with E-state index in [-0.39, 0.29) is 5.56 Å². The number of ether oxygens (including phenoxy) is 2. The Morgan fingerprint density at radius 3 is 2.33 bits per heavy atom. The molecule has 27 heavy (non-hydrogen) atoms. The molecule has 4 aromatic rings. The van der Waals surface area contributed by atoms with Gasteiger partial charge < -0.3 is 9.47 Å². The highest BCUT2D eigenvalue weighted by atomic mass is 19.1. The van der Waals surface area contributed by atoms with Crippen molar-refractivity contribution in [3.05, 3.63) is 77.9 Å². The summed E-state index contributed by atoms with van der Waals surface area (Å²) < 4.78 is 38.1. The number of nitrogens with zero attached hydrogens (tertiary/aromatic N) is 1. The van der Waals surface area contributed by atoms with Crippen LogP contribution in [0.5, 0.6) is 11.5 Å². The van der Waals surface area contributed by atoms with Crippen LogP contribution in [0, 0.1) is 11.6 Å². The number of rotatable bonds is 3. The number of carbonyl (C=O) groups is 1. The smallest absolute Gasteiger partial charge is 0.345 e. The Hall–Kier alpha value is -3.54. The molecule has 0 aliphatic rings. The molecule has 3 aromatic carbocycles. The third kappa shape index (κ3) is 2.95. The van der Waals surface area contributed by atoms with Crippen LogP contribution in [0.25, 0.3) is 21.8 Å². The monoisotopic (exact) mass is 365 g/mol. The average Bonchev–Trinajstić information content (AvgIpc) is 2.68. The van der Waals surface area contributed by atoms with E-state index in [4.69, 9.17) is 9.47 Å². The first kappa shape index (κ1) is 16.9. The van der Waals surface area contributed by atoms with E-state index < -0.39 is 23.4 Å². The molecule has 4 rings (SSSR count). The minimum absolute atomic E-state index is 0.181. The summed E-state index contributed by atoms with van der Waals surface area (Å²) in [6.07, 6.45) is 0. The fraction of sp³-hybridized carbons (Fsp3) is 0.0476. The molecule has 0 atom stereocenters. The van der Waals surface area contributed by atoms with Crippen molar-refractivity contribution in [2.24, 2.45) is 0 Å². The first-order valence-electron chi connectivity index (χ1n) is 8.11. The van der Waals surface area contributed by atoms with Gasteiger partial charge in [0.1, 0.15) is 5.75 Å². The summed E-state index contributed by atoms with van der Waals surface area (Å²) in [4.78, 5) is 17.4. The van der Waals surface area contributed by atoms with Crippen LogP contribution in [-0.2, 0) is 0 Å². The van der Waals surface area contributed by atoms with Gasteiger partial charge in [0.25, 0.3) is 0 Å². The second-order valence-electron chi connectivity index (χ2n) is 5.83. The second kappa shape index (κ2) is 6.64. The molecule has 1 heterocycles. The van der Waals surface area contributed by atoms with Crippen LogP contribution in [0.3, 0.4) is 0 Å². The Labute approximate surface area is 153 Å². The second-order valence-corrected chi connectivity index (χ2v) is 5.83. The summed E-state index contributed by atoms with van der Waals surface area (Å²) in [5, 5.41) is 1.02. The molecule has 1 aromatic heterocycles. The topological polar surface area (TPSA) is 48.4 Å². The van der Waals surface area contributed by atoms with E-state index in [1.54, 1.807) is 42.5 Å². The molecule has 0 fully saturated rings. The Morgan fingerprint density at radius 1 is 0.889 bits per heavy atom. The molecule has 0 N–H and O–H groups in total. The van der Waals surface area contributed by atoms with E-state index in [0.29, 0.717) is 27.6 Å². The van der Waals surface area contributed by atoms with E-state index in [2.05, 4.69) is 4.98 Å². The van der Waals surface area contributed by atoms with Gasteiger partial charge in [0.15, 0.2) is 11.6 Å². The normalized spacial score (nSPS) is 10.9. The molecular formula is C21H13F2NO3. The molecule has 0 radical (unpaired) electrons. The zero-order chi connectivity index (χ0) is 19.0. The first-order chi connectivity index (χ1) is 13.1. The number of hydrogen-bond acceptors (Lipinski definition) is 4. The molecule has 0 aliphatic carbocycles. The highest BCUT2D eigenvalue weighted by Crippen LogP contribution is 2.30. The van der Waals surface area contributed by atoms with Gasteiger partial charge in [-0.05, 0) is 30.3 Å². The van der Waals surface area contributed by atoms with E-state index in [9.17, 15) is 13.6 Å². The maximum Gasteiger partial charge on any atom is 0.345 e. The maximum atomic E-state index is 13.9. The Morgan fingerprint density at radius 2 is 1.59 bits per heavy atom. The van der Waals surface area contributed by atoms with Gasteiger partial charge in [-0.15, -0.1) is 0 Å². The summed E-state index contributed by atoms with van der Waals surface area (Å²) in [7, 11) is 1.53. The lowest BCUT2D eigenvalue weighted by molar-refractivity contribution is 0.0724. The summed E-state index contributed by atoms with van der Waals surface area (Å²) in [5.41, 5.74) is 1.24. The van der Waals surface area contributed by atoms with Crippen LogP contribution in [0.2, 0.25) is 0 Å². The van der Waals surface area contributed by atoms with Gasteiger partial charge in [0.05, 0.1) is 23.7 Å². The van der Waals surface area contributed by atoms with Gasteiger partial charge >= 0.3 is 5.97 Å². The molecule has 0 saturated heterocycles. The maximum absolute atomic E-state index is 13.9. The number of fused-ring (bicyclic) bond motifs is 2. The van der Waals surface area contributed by atoms with Crippen molar-refractivity contribution in [2.45, 2.75) is 0 Å². The van der Waals surface area contributed by atoms with Gasteiger partial charge in [-0.2, -0.15) is 0 Å². The van der Waals surface area contributed by atoms with Crippen molar-refractivity contribution in [2.75, 3.05) is 7.11 Å². The third-order valence-corrected chi connectivity index (χ3v) is 4.21. The number of halogens is 2. The third-order valence-electron chi connectivity index (χ3n) is 4.21. The van der Waals surface area contributed by atoms with Crippen LogP contribution < -0.4 is 9.47 Å². The van der Waals surface area contributed by atoms with E-state index >= 15 is 0 Å². The van der Waals surface area contributed by atoms with Crippen LogP contribution in [0.1, 0.15) is 10.4 Å². The van der Waals surface area contributed by atoms with Gasteiger partial charge in [-0.25, -0.2) is 18.6 Å². The Bertz CT molecular complexity index is 1170. The average molecular weight is 365 g/mol. The van der Waals surface area contributed by atoms with Crippen molar-refractivity contribution in [1.29, 1.82) is 0 Å². The van der Waals surface area contributed by atoms with Crippen LogP contribution in [0.4, 0.5) is 8.78 Å². The zero-order valence-electron chi connectivity index (χ0n) is 14.2. The molecule has 0 unspecified atom stereocenters. The summed E-state index contributed by atoms with van der Waals surface area (Å²) in [6, 6.07) is 15.3. The Balaban J connectivity index is 1.94.